The van der Waals surface area contributed by atoms with Gasteiger partial charge in [-0.2, -0.15) is 0 Å². The molecule has 0 aliphatic heterocycles. The zero-order chi connectivity index (χ0) is 17.1. The van der Waals surface area contributed by atoms with E-state index >= 15 is 0 Å². The SMILES string of the molecule is CCOC(=O)C(C=NC1CC1F)Cc1cc(F)c(F)c(F)c1F. The minimum absolute atomic E-state index is 0.0347. The lowest BCUT2D eigenvalue weighted by Gasteiger charge is -2.12. The van der Waals surface area contributed by atoms with Gasteiger partial charge in [0.1, 0.15) is 6.17 Å². The van der Waals surface area contributed by atoms with Gasteiger partial charge in [0.2, 0.25) is 0 Å². The molecular weight excluding hydrogens is 321 g/mol. The van der Waals surface area contributed by atoms with E-state index in [-0.39, 0.29) is 13.0 Å². The maximum absolute atomic E-state index is 13.7. The predicted molar refractivity (Wildman–Crippen MR) is 71.9 cm³/mol. The molecule has 0 saturated heterocycles. The topological polar surface area (TPSA) is 38.7 Å². The first kappa shape index (κ1) is 17.4. The van der Waals surface area contributed by atoms with Crippen molar-refractivity contribution in [1.29, 1.82) is 0 Å². The number of carbonyl (C=O) groups is 1. The molecule has 3 atom stereocenters. The van der Waals surface area contributed by atoms with E-state index < -0.39 is 59.4 Å². The number of carbonyl (C=O) groups excluding carboxylic acids is 1. The number of halogens is 5. The second kappa shape index (κ2) is 7.06. The minimum atomic E-state index is -1.95. The first-order valence-electron chi connectivity index (χ1n) is 7.01. The molecule has 0 N–H and O–H groups in total. The largest absolute Gasteiger partial charge is 0.465 e. The van der Waals surface area contributed by atoms with Crippen molar-refractivity contribution in [3.63, 3.8) is 0 Å². The lowest BCUT2D eigenvalue weighted by atomic mass is 9.99. The van der Waals surface area contributed by atoms with Crippen LogP contribution in [0.25, 0.3) is 0 Å². The van der Waals surface area contributed by atoms with E-state index in [0.717, 1.165) is 6.21 Å². The molecule has 0 aromatic heterocycles. The molecular formula is C15H14F5NO2. The third-order valence-electron chi connectivity index (χ3n) is 3.35. The quantitative estimate of drug-likeness (QED) is 0.263. The molecule has 1 aliphatic carbocycles. The van der Waals surface area contributed by atoms with Gasteiger partial charge in [0, 0.05) is 12.6 Å². The van der Waals surface area contributed by atoms with Crippen molar-refractivity contribution in [2.45, 2.75) is 32.0 Å². The Morgan fingerprint density at radius 3 is 2.57 bits per heavy atom. The number of esters is 1. The van der Waals surface area contributed by atoms with Crippen LogP contribution in [0.2, 0.25) is 0 Å². The van der Waals surface area contributed by atoms with Gasteiger partial charge in [0.25, 0.3) is 0 Å². The molecule has 1 fully saturated rings. The standard InChI is InChI=1S/C15H14F5NO2/c1-2-23-15(22)8(6-21-11-5-9(11)16)3-7-4-10(17)13(19)14(20)12(7)18/h4,6,8-9,11H,2-3,5H2,1H3. The van der Waals surface area contributed by atoms with Crippen LogP contribution in [0.3, 0.4) is 0 Å². The summed E-state index contributed by atoms with van der Waals surface area (Å²) in [6.45, 7) is 1.58. The van der Waals surface area contributed by atoms with Crippen LogP contribution < -0.4 is 0 Å². The lowest BCUT2D eigenvalue weighted by Crippen LogP contribution is -2.23. The number of nitrogens with zero attached hydrogens (tertiary/aromatic N) is 1. The highest BCUT2D eigenvalue weighted by Crippen LogP contribution is 2.29. The Balaban J connectivity index is 2.23. The Morgan fingerprint density at radius 1 is 1.35 bits per heavy atom. The number of hydrogen-bond acceptors (Lipinski definition) is 3. The van der Waals surface area contributed by atoms with Gasteiger partial charge in [-0.3, -0.25) is 9.79 Å². The Labute approximate surface area is 129 Å². The van der Waals surface area contributed by atoms with E-state index in [2.05, 4.69) is 4.99 Å². The Kier molecular flexibility index (Phi) is 5.33. The van der Waals surface area contributed by atoms with E-state index in [4.69, 9.17) is 4.74 Å². The van der Waals surface area contributed by atoms with Gasteiger partial charge in [-0.05, 0) is 25.0 Å². The third-order valence-corrected chi connectivity index (χ3v) is 3.35. The normalized spacial score (nSPS) is 21.5. The van der Waals surface area contributed by atoms with Crippen LogP contribution >= 0.6 is 0 Å². The fourth-order valence-electron chi connectivity index (χ4n) is 1.97. The van der Waals surface area contributed by atoms with Crippen LogP contribution in [0.4, 0.5) is 22.0 Å². The van der Waals surface area contributed by atoms with E-state index in [9.17, 15) is 26.7 Å². The molecule has 0 spiro atoms. The van der Waals surface area contributed by atoms with Crippen molar-refractivity contribution in [2.24, 2.45) is 10.9 Å². The summed E-state index contributed by atoms with van der Waals surface area (Å²) in [7, 11) is 0. The van der Waals surface area contributed by atoms with Crippen molar-refractivity contribution in [1.82, 2.24) is 0 Å². The Bertz CT molecular complexity index is 635. The van der Waals surface area contributed by atoms with Gasteiger partial charge in [-0.1, -0.05) is 0 Å². The van der Waals surface area contributed by atoms with Crippen molar-refractivity contribution >= 4 is 12.2 Å². The highest BCUT2D eigenvalue weighted by atomic mass is 19.2. The predicted octanol–water partition coefficient (Wildman–Crippen LogP) is 3.15. The number of aliphatic imine (C=N–C) groups is 1. The fraction of sp³-hybridized carbons (Fsp3) is 0.467. The summed E-state index contributed by atoms with van der Waals surface area (Å²) >= 11 is 0. The van der Waals surface area contributed by atoms with E-state index in [1.807, 2.05) is 0 Å². The maximum atomic E-state index is 13.7. The van der Waals surface area contributed by atoms with Crippen molar-refractivity contribution in [3.8, 4) is 0 Å². The molecule has 2 rings (SSSR count). The molecule has 23 heavy (non-hydrogen) atoms. The molecule has 126 valence electrons. The first-order chi connectivity index (χ1) is 10.8. The number of ether oxygens (including phenoxy) is 1. The molecule has 0 radical (unpaired) electrons. The summed E-state index contributed by atoms with van der Waals surface area (Å²) in [6.07, 6.45) is -0.265. The van der Waals surface area contributed by atoms with Crippen LogP contribution in [-0.2, 0) is 16.0 Å². The van der Waals surface area contributed by atoms with Crippen molar-refractivity contribution < 1.29 is 31.5 Å². The molecule has 1 saturated carbocycles. The van der Waals surface area contributed by atoms with Gasteiger partial charge in [-0.15, -0.1) is 0 Å². The van der Waals surface area contributed by atoms with E-state index in [1.165, 1.54) is 0 Å². The minimum Gasteiger partial charge on any atom is -0.465 e. The van der Waals surface area contributed by atoms with Gasteiger partial charge in [-0.25, -0.2) is 22.0 Å². The highest BCUT2D eigenvalue weighted by molar-refractivity contribution is 5.90. The monoisotopic (exact) mass is 335 g/mol. The zero-order valence-electron chi connectivity index (χ0n) is 12.2. The number of rotatable bonds is 6. The zero-order valence-corrected chi connectivity index (χ0v) is 12.2. The molecule has 3 unspecified atom stereocenters. The second-order valence-electron chi connectivity index (χ2n) is 5.14. The summed E-state index contributed by atoms with van der Waals surface area (Å²) in [5.74, 6) is -8.97. The Morgan fingerprint density at radius 2 is 2.00 bits per heavy atom. The average molecular weight is 335 g/mol. The highest BCUT2D eigenvalue weighted by Gasteiger charge is 2.37. The molecule has 1 aliphatic rings. The summed E-state index contributed by atoms with van der Waals surface area (Å²) < 4.78 is 70.6. The van der Waals surface area contributed by atoms with Crippen LogP contribution in [-0.4, -0.2) is 31.0 Å². The van der Waals surface area contributed by atoms with E-state index in [0.29, 0.717) is 6.07 Å². The Hall–Kier alpha value is -1.99. The van der Waals surface area contributed by atoms with Crippen molar-refractivity contribution in [3.05, 3.63) is 34.9 Å². The van der Waals surface area contributed by atoms with E-state index in [1.54, 1.807) is 6.92 Å². The molecule has 1 aromatic carbocycles. The van der Waals surface area contributed by atoms with Gasteiger partial charge < -0.3 is 4.74 Å². The number of benzene rings is 1. The third kappa shape index (κ3) is 4.05. The lowest BCUT2D eigenvalue weighted by molar-refractivity contribution is -0.145. The average Bonchev–Trinajstić information content (AvgIpc) is 3.22. The smallest absolute Gasteiger partial charge is 0.314 e. The van der Waals surface area contributed by atoms with Gasteiger partial charge in [0.15, 0.2) is 23.3 Å². The summed E-state index contributed by atoms with van der Waals surface area (Å²) in [5, 5.41) is 0. The second-order valence-corrected chi connectivity index (χ2v) is 5.14. The number of alkyl halides is 1. The molecule has 1 aromatic rings. The summed E-state index contributed by atoms with van der Waals surface area (Å²) in [6, 6.07) is -0.0958. The molecule has 0 bridgehead atoms. The maximum Gasteiger partial charge on any atom is 0.314 e. The molecule has 3 nitrogen and oxygen atoms in total. The van der Waals surface area contributed by atoms with Crippen molar-refractivity contribution in [2.75, 3.05) is 6.61 Å². The molecule has 0 heterocycles. The van der Waals surface area contributed by atoms with Crippen LogP contribution in [0, 0.1) is 29.2 Å². The van der Waals surface area contributed by atoms with Crippen LogP contribution in [0.1, 0.15) is 18.9 Å². The van der Waals surface area contributed by atoms with Crippen LogP contribution in [0.15, 0.2) is 11.1 Å². The van der Waals surface area contributed by atoms with Crippen LogP contribution in [0.5, 0.6) is 0 Å². The first-order valence-corrected chi connectivity index (χ1v) is 7.01. The molecule has 0 amide bonds. The number of hydrogen-bond donors (Lipinski definition) is 0. The fourth-order valence-corrected chi connectivity index (χ4v) is 1.97. The summed E-state index contributed by atoms with van der Waals surface area (Å²) in [4.78, 5) is 15.6. The van der Waals surface area contributed by atoms with Gasteiger partial charge >= 0.3 is 5.97 Å². The molecule has 8 heteroatoms. The van der Waals surface area contributed by atoms with Gasteiger partial charge in [0.05, 0.1) is 18.6 Å². The summed E-state index contributed by atoms with van der Waals surface area (Å²) in [5.41, 5.74) is -0.529.